The Kier molecular flexibility index (Phi) is 5.12. The van der Waals surface area contributed by atoms with Crippen LogP contribution in [0.15, 0.2) is 54.9 Å². The Morgan fingerprint density at radius 3 is 2.77 bits per heavy atom. The van der Waals surface area contributed by atoms with Gasteiger partial charge in [0.1, 0.15) is 0 Å². The molecule has 7 heteroatoms. The average Bonchev–Trinajstić information content (AvgIpc) is 2.78. The zero-order chi connectivity index (χ0) is 21.5. The monoisotopic (exact) mass is 435 g/mol. The number of aromatic nitrogens is 1. The average molecular weight is 436 g/mol. The molecule has 158 valence electrons. The molecular weight excluding hydrogens is 414 g/mol. The van der Waals surface area contributed by atoms with Crippen molar-refractivity contribution in [2.75, 3.05) is 4.90 Å². The number of urea groups is 1. The third kappa shape index (κ3) is 3.36. The van der Waals surface area contributed by atoms with Crippen LogP contribution in [-0.2, 0) is 11.4 Å². The second-order valence-electron chi connectivity index (χ2n) is 8.20. The number of aliphatic hydroxyl groups is 1. The molecule has 0 spiro atoms. The molecule has 2 heterocycles. The summed E-state index contributed by atoms with van der Waals surface area (Å²) in [6, 6.07) is 12.4. The second kappa shape index (κ2) is 7.94. The first-order valence-corrected chi connectivity index (χ1v) is 10.8. The van der Waals surface area contributed by atoms with Gasteiger partial charge in [-0.25, -0.2) is 9.69 Å². The molecule has 6 nitrogen and oxygen atoms in total. The molecule has 3 unspecified atom stereocenters. The van der Waals surface area contributed by atoms with Gasteiger partial charge in [-0.15, -0.1) is 0 Å². The van der Waals surface area contributed by atoms with Crippen molar-refractivity contribution in [3.63, 3.8) is 0 Å². The van der Waals surface area contributed by atoms with Crippen molar-refractivity contribution in [2.45, 2.75) is 37.8 Å². The summed E-state index contributed by atoms with van der Waals surface area (Å²) in [6.07, 6.45) is 5.31. The van der Waals surface area contributed by atoms with Gasteiger partial charge in [0, 0.05) is 28.0 Å². The maximum atomic E-state index is 13.4. The van der Waals surface area contributed by atoms with Crippen molar-refractivity contribution in [1.29, 1.82) is 0 Å². The zero-order valence-corrected chi connectivity index (χ0v) is 17.5. The molecular formula is C24H22ClN3O3. The van der Waals surface area contributed by atoms with Crippen molar-refractivity contribution in [1.82, 2.24) is 10.3 Å². The van der Waals surface area contributed by atoms with Crippen LogP contribution in [0.2, 0.25) is 5.02 Å². The van der Waals surface area contributed by atoms with E-state index >= 15 is 0 Å². The minimum Gasteiger partial charge on any atom is -0.392 e. The lowest BCUT2D eigenvalue weighted by Crippen LogP contribution is -2.61. The SMILES string of the molecule is O=C1NC2CC(c3c(Cl)cccc3CO)CCC2C(=O)N1c1cncc2ccccc12. The number of amides is 3. The van der Waals surface area contributed by atoms with E-state index in [9.17, 15) is 14.7 Å². The molecule has 3 atom stereocenters. The van der Waals surface area contributed by atoms with Crippen molar-refractivity contribution in [3.8, 4) is 0 Å². The van der Waals surface area contributed by atoms with Gasteiger partial charge < -0.3 is 10.4 Å². The quantitative estimate of drug-likeness (QED) is 0.639. The number of carbonyl (C=O) groups is 2. The van der Waals surface area contributed by atoms with Crippen LogP contribution >= 0.6 is 11.6 Å². The standard InChI is InChI=1S/C24H22ClN3O3/c25-19-7-3-5-16(13-29)22(19)14-8-9-18-20(10-14)27-24(31)28(23(18)30)21-12-26-11-15-4-1-2-6-17(15)21/h1-7,11-12,14,18,20,29H,8-10,13H2,(H,27,31). The number of halogens is 1. The summed E-state index contributed by atoms with van der Waals surface area (Å²) < 4.78 is 0. The predicted molar refractivity (Wildman–Crippen MR) is 119 cm³/mol. The van der Waals surface area contributed by atoms with E-state index in [0.717, 1.165) is 28.3 Å². The molecule has 31 heavy (non-hydrogen) atoms. The number of rotatable bonds is 3. The molecule has 1 aliphatic heterocycles. The highest BCUT2D eigenvalue weighted by molar-refractivity contribution is 6.31. The molecule has 0 radical (unpaired) electrons. The summed E-state index contributed by atoms with van der Waals surface area (Å²) in [4.78, 5) is 31.9. The summed E-state index contributed by atoms with van der Waals surface area (Å²) in [6.45, 7) is -0.0896. The summed E-state index contributed by atoms with van der Waals surface area (Å²) in [5.41, 5.74) is 2.23. The Morgan fingerprint density at radius 2 is 1.94 bits per heavy atom. The normalized spacial score (nSPS) is 23.5. The summed E-state index contributed by atoms with van der Waals surface area (Å²) >= 11 is 6.45. The van der Waals surface area contributed by atoms with Gasteiger partial charge in [0.2, 0.25) is 5.91 Å². The van der Waals surface area contributed by atoms with E-state index in [2.05, 4.69) is 10.3 Å². The van der Waals surface area contributed by atoms with Gasteiger partial charge in [0.05, 0.1) is 24.4 Å². The maximum absolute atomic E-state index is 13.4. The molecule has 3 aromatic rings. The lowest BCUT2D eigenvalue weighted by Gasteiger charge is -2.42. The number of fused-ring (bicyclic) bond motifs is 2. The minimum atomic E-state index is -0.424. The third-order valence-corrected chi connectivity index (χ3v) is 6.84. The Bertz CT molecular complexity index is 1180. The lowest BCUT2D eigenvalue weighted by atomic mass is 9.73. The van der Waals surface area contributed by atoms with Crippen LogP contribution in [0.1, 0.15) is 36.3 Å². The second-order valence-corrected chi connectivity index (χ2v) is 8.60. The van der Waals surface area contributed by atoms with Crippen LogP contribution in [0.5, 0.6) is 0 Å². The molecule has 2 aromatic carbocycles. The molecule has 1 saturated heterocycles. The lowest BCUT2D eigenvalue weighted by molar-refractivity contribution is -0.124. The molecule has 1 saturated carbocycles. The Labute approximate surface area is 184 Å². The predicted octanol–water partition coefficient (Wildman–Crippen LogP) is 4.39. The number of hydrogen-bond donors (Lipinski definition) is 2. The van der Waals surface area contributed by atoms with Crippen LogP contribution < -0.4 is 10.2 Å². The van der Waals surface area contributed by atoms with Crippen LogP contribution in [0, 0.1) is 5.92 Å². The van der Waals surface area contributed by atoms with Crippen LogP contribution in [-0.4, -0.2) is 28.1 Å². The molecule has 3 amide bonds. The Morgan fingerprint density at radius 1 is 1.10 bits per heavy atom. The van der Waals surface area contributed by atoms with E-state index in [1.54, 1.807) is 12.4 Å². The molecule has 2 fully saturated rings. The highest BCUT2D eigenvalue weighted by Crippen LogP contribution is 2.43. The number of nitrogens with zero attached hydrogens (tertiary/aromatic N) is 2. The van der Waals surface area contributed by atoms with Gasteiger partial charge in [-0.3, -0.25) is 9.78 Å². The number of nitrogens with one attached hydrogen (secondary N) is 1. The largest absolute Gasteiger partial charge is 0.392 e. The van der Waals surface area contributed by atoms with Crippen molar-refractivity contribution < 1.29 is 14.7 Å². The van der Waals surface area contributed by atoms with Crippen molar-refractivity contribution >= 4 is 40.0 Å². The molecule has 5 rings (SSSR count). The van der Waals surface area contributed by atoms with E-state index < -0.39 is 6.03 Å². The number of aliphatic hydroxyl groups excluding tert-OH is 1. The highest BCUT2D eigenvalue weighted by atomic mass is 35.5. The van der Waals surface area contributed by atoms with Gasteiger partial charge in [0.25, 0.3) is 0 Å². The third-order valence-electron chi connectivity index (χ3n) is 6.51. The van der Waals surface area contributed by atoms with E-state index in [-0.39, 0.29) is 30.4 Å². The molecule has 1 aliphatic carbocycles. The van der Waals surface area contributed by atoms with E-state index in [0.29, 0.717) is 23.6 Å². The van der Waals surface area contributed by atoms with E-state index in [4.69, 9.17) is 11.6 Å². The summed E-state index contributed by atoms with van der Waals surface area (Å²) in [5.74, 6) is -0.407. The van der Waals surface area contributed by atoms with Crippen LogP contribution in [0.4, 0.5) is 10.5 Å². The highest BCUT2D eigenvalue weighted by Gasteiger charge is 2.45. The minimum absolute atomic E-state index is 0.0796. The number of imide groups is 1. The Hall–Kier alpha value is -2.96. The van der Waals surface area contributed by atoms with Crippen molar-refractivity contribution in [2.24, 2.45) is 5.92 Å². The molecule has 1 aromatic heterocycles. The molecule has 0 bridgehead atoms. The fourth-order valence-corrected chi connectivity index (χ4v) is 5.41. The Balaban J connectivity index is 1.44. The first-order valence-electron chi connectivity index (χ1n) is 10.4. The number of pyridine rings is 1. The van der Waals surface area contributed by atoms with Gasteiger partial charge >= 0.3 is 6.03 Å². The van der Waals surface area contributed by atoms with Gasteiger partial charge in [0.15, 0.2) is 0 Å². The fourth-order valence-electron chi connectivity index (χ4n) is 5.06. The maximum Gasteiger partial charge on any atom is 0.329 e. The molecule has 2 aliphatic rings. The summed E-state index contributed by atoms with van der Waals surface area (Å²) in [7, 11) is 0. The number of hydrogen-bond acceptors (Lipinski definition) is 4. The van der Waals surface area contributed by atoms with E-state index in [1.165, 1.54) is 4.90 Å². The topological polar surface area (TPSA) is 82.5 Å². The van der Waals surface area contributed by atoms with Gasteiger partial charge in [-0.2, -0.15) is 0 Å². The van der Waals surface area contributed by atoms with Gasteiger partial charge in [-0.1, -0.05) is 48.0 Å². The van der Waals surface area contributed by atoms with Gasteiger partial charge in [-0.05, 0) is 42.4 Å². The molecule has 2 N–H and O–H groups in total. The number of benzene rings is 2. The first-order chi connectivity index (χ1) is 15.1. The number of carbonyl (C=O) groups excluding carboxylic acids is 2. The smallest absolute Gasteiger partial charge is 0.329 e. The van der Waals surface area contributed by atoms with Crippen molar-refractivity contribution in [3.05, 3.63) is 71.0 Å². The van der Waals surface area contributed by atoms with Crippen LogP contribution in [0.25, 0.3) is 10.8 Å². The van der Waals surface area contributed by atoms with Crippen LogP contribution in [0.3, 0.4) is 0 Å². The zero-order valence-electron chi connectivity index (χ0n) is 16.8. The fraction of sp³-hybridized carbons (Fsp3) is 0.292. The van der Waals surface area contributed by atoms with E-state index in [1.807, 2.05) is 42.5 Å². The summed E-state index contributed by atoms with van der Waals surface area (Å²) in [5, 5.41) is 15.1. The first kappa shape index (κ1) is 20.0. The number of anilines is 1.